The fourth-order valence-corrected chi connectivity index (χ4v) is 2.15. The molecule has 1 amide bonds. The van der Waals surface area contributed by atoms with Crippen LogP contribution in [0.3, 0.4) is 0 Å². The number of carbonyl (C=O) groups excluding carboxylic acids is 1. The molecule has 0 radical (unpaired) electrons. The molecule has 0 aliphatic heterocycles. The highest BCUT2D eigenvalue weighted by molar-refractivity contribution is 6.34. The molecule has 2 N–H and O–H groups in total. The van der Waals surface area contributed by atoms with Crippen molar-refractivity contribution in [2.75, 3.05) is 11.9 Å². The van der Waals surface area contributed by atoms with Crippen molar-refractivity contribution in [2.45, 2.75) is 13.5 Å². The van der Waals surface area contributed by atoms with Gasteiger partial charge in [-0.15, -0.1) is 0 Å². The van der Waals surface area contributed by atoms with Gasteiger partial charge in [-0.3, -0.25) is 4.79 Å². The van der Waals surface area contributed by atoms with Crippen LogP contribution in [0.15, 0.2) is 42.5 Å². The molecule has 21 heavy (non-hydrogen) atoms. The van der Waals surface area contributed by atoms with Gasteiger partial charge in [-0.05, 0) is 42.4 Å². The number of anilines is 1. The van der Waals surface area contributed by atoms with E-state index in [4.69, 9.17) is 11.6 Å². The van der Waals surface area contributed by atoms with Crippen LogP contribution in [0.4, 0.5) is 10.1 Å². The van der Waals surface area contributed by atoms with Gasteiger partial charge in [0, 0.05) is 12.2 Å². The molecule has 110 valence electrons. The third kappa shape index (κ3) is 4.28. The number of halogens is 2. The lowest BCUT2D eigenvalue weighted by molar-refractivity contribution is 0.102. The van der Waals surface area contributed by atoms with Crippen molar-refractivity contribution in [1.29, 1.82) is 0 Å². The van der Waals surface area contributed by atoms with E-state index in [1.807, 2.05) is 25.1 Å². The van der Waals surface area contributed by atoms with E-state index in [9.17, 15) is 9.18 Å². The number of hydrogen-bond donors (Lipinski definition) is 2. The van der Waals surface area contributed by atoms with Gasteiger partial charge >= 0.3 is 0 Å². The summed E-state index contributed by atoms with van der Waals surface area (Å²) in [5, 5.41) is 6.07. The number of amides is 1. The molecule has 0 unspecified atom stereocenters. The first kappa shape index (κ1) is 15.5. The van der Waals surface area contributed by atoms with Gasteiger partial charge in [0.25, 0.3) is 5.91 Å². The topological polar surface area (TPSA) is 41.1 Å². The second-order valence-electron chi connectivity index (χ2n) is 4.56. The maximum atomic E-state index is 13.0. The van der Waals surface area contributed by atoms with E-state index in [-0.39, 0.29) is 16.5 Å². The van der Waals surface area contributed by atoms with Crippen LogP contribution in [-0.4, -0.2) is 12.5 Å². The summed E-state index contributed by atoms with van der Waals surface area (Å²) in [5.41, 5.74) is 1.99. The molecule has 2 rings (SSSR count). The normalized spacial score (nSPS) is 10.4. The minimum Gasteiger partial charge on any atom is -0.322 e. The van der Waals surface area contributed by atoms with Crippen LogP contribution in [0, 0.1) is 5.82 Å². The Kier molecular flexibility index (Phi) is 5.31. The Morgan fingerprint density at radius 3 is 2.76 bits per heavy atom. The van der Waals surface area contributed by atoms with Crippen molar-refractivity contribution in [3.05, 3.63) is 64.4 Å². The summed E-state index contributed by atoms with van der Waals surface area (Å²) < 4.78 is 13.0. The van der Waals surface area contributed by atoms with E-state index >= 15 is 0 Å². The predicted octanol–water partition coefficient (Wildman–Crippen LogP) is 3.84. The third-order valence-corrected chi connectivity index (χ3v) is 3.25. The summed E-state index contributed by atoms with van der Waals surface area (Å²) >= 11 is 5.88. The molecular formula is C16H16ClFN2O. The van der Waals surface area contributed by atoms with Gasteiger partial charge in [0.1, 0.15) is 5.82 Å². The lowest BCUT2D eigenvalue weighted by Gasteiger charge is -2.09. The van der Waals surface area contributed by atoms with E-state index in [0.29, 0.717) is 5.69 Å². The molecule has 5 heteroatoms. The van der Waals surface area contributed by atoms with Gasteiger partial charge in [0.05, 0.1) is 10.6 Å². The van der Waals surface area contributed by atoms with Crippen LogP contribution >= 0.6 is 11.6 Å². The van der Waals surface area contributed by atoms with Gasteiger partial charge in [0.15, 0.2) is 0 Å². The first-order valence-corrected chi connectivity index (χ1v) is 7.04. The SMILES string of the molecule is CCNCc1cccc(NC(=O)c2ccc(F)cc2Cl)c1. The van der Waals surface area contributed by atoms with Gasteiger partial charge in [-0.25, -0.2) is 4.39 Å². The average Bonchev–Trinajstić information content (AvgIpc) is 2.45. The Labute approximate surface area is 128 Å². The van der Waals surface area contributed by atoms with Crippen molar-refractivity contribution >= 4 is 23.2 Å². The van der Waals surface area contributed by atoms with E-state index in [1.165, 1.54) is 12.1 Å². The molecule has 0 saturated carbocycles. The fourth-order valence-electron chi connectivity index (χ4n) is 1.90. The average molecular weight is 307 g/mol. The van der Waals surface area contributed by atoms with E-state index in [2.05, 4.69) is 10.6 Å². The van der Waals surface area contributed by atoms with Crippen LogP contribution in [0.2, 0.25) is 5.02 Å². The van der Waals surface area contributed by atoms with Crippen LogP contribution in [-0.2, 0) is 6.54 Å². The lowest BCUT2D eigenvalue weighted by Crippen LogP contribution is -2.14. The lowest BCUT2D eigenvalue weighted by atomic mass is 10.1. The van der Waals surface area contributed by atoms with E-state index < -0.39 is 5.82 Å². The van der Waals surface area contributed by atoms with Gasteiger partial charge in [-0.1, -0.05) is 30.7 Å². The monoisotopic (exact) mass is 306 g/mol. The number of hydrogen-bond acceptors (Lipinski definition) is 2. The van der Waals surface area contributed by atoms with Crippen molar-refractivity contribution in [1.82, 2.24) is 5.32 Å². The summed E-state index contributed by atoms with van der Waals surface area (Å²) in [4.78, 5) is 12.1. The minimum absolute atomic E-state index is 0.0938. The van der Waals surface area contributed by atoms with Crippen LogP contribution in [0.1, 0.15) is 22.8 Å². The summed E-state index contributed by atoms with van der Waals surface area (Å²) in [6.45, 7) is 3.64. The largest absolute Gasteiger partial charge is 0.322 e. The first-order valence-electron chi connectivity index (χ1n) is 6.66. The summed E-state index contributed by atoms with van der Waals surface area (Å²) in [5.74, 6) is -0.829. The fraction of sp³-hybridized carbons (Fsp3) is 0.188. The highest BCUT2D eigenvalue weighted by Crippen LogP contribution is 2.19. The van der Waals surface area contributed by atoms with Crippen LogP contribution < -0.4 is 10.6 Å². The maximum Gasteiger partial charge on any atom is 0.257 e. The summed E-state index contributed by atoms with van der Waals surface area (Å²) in [6, 6.07) is 11.2. The molecule has 3 nitrogen and oxygen atoms in total. The zero-order chi connectivity index (χ0) is 15.2. The molecule has 0 aliphatic rings. The van der Waals surface area contributed by atoms with Gasteiger partial charge < -0.3 is 10.6 Å². The zero-order valence-electron chi connectivity index (χ0n) is 11.6. The molecule has 0 spiro atoms. The highest BCUT2D eigenvalue weighted by Gasteiger charge is 2.11. The number of carbonyl (C=O) groups is 1. The number of rotatable bonds is 5. The van der Waals surface area contributed by atoms with E-state index in [1.54, 1.807) is 6.07 Å². The number of benzene rings is 2. The van der Waals surface area contributed by atoms with Crippen LogP contribution in [0.25, 0.3) is 0 Å². The molecule has 0 fully saturated rings. The first-order chi connectivity index (χ1) is 10.1. The molecule has 2 aromatic carbocycles. The molecule has 0 aromatic heterocycles. The van der Waals surface area contributed by atoms with E-state index in [0.717, 1.165) is 24.7 Å². The molecule has 0 bridgehead atoms. The minimum atomic E-state index is -0.468. The highest BCUT2D eigenvalue weighted by atomic mass is 35.5. The van der Waals surface area contributed by atoms with Crippen molar-refractivity contribution in [2.24, 2.45) is 0 Å². The summed E-state index contributed by atoms with van der Waals surface area (Å²) in [6.07, 6.45) is 0. The molecule has 0 saturated heterocycles. The van der Waals surface area contributed by atoms with Gasteiger partial charge in [0.2, 0.25) is 0 Å². The van der Waals surface area contributed by atoms with Crippen molar-refractivity contribution in [3.8, 4) is 0 Å². The standard InChI is InChI=1S/C16H16ClFN2O/c1-2-19-10-11-4-3-5-13(8-11)20-16(21)14-7-6-12(18)9-15(14)17/h3-9,19H,2,10H2,1H3,(H,20,21). The Hall–Kier alpha value is -1.91. The van der Waals surface area contributed by atoms with Gasteiger partial charge in [-0.2, -0.15) is 0 Å². The molecule has 0 atom stereocenters. The molecular weight excluding hydrogens is 291 g/mol. The summed E-state index contributed by atoms with van der Waals surface area (Å²) in [7, 11) is 0. The molecule has 2 aromatic rings. The Morgan fingerprint density at radius 2 is 2.05 bits per heavy atom. The number of nitrogens with one attached hydrogen (secondary N) is 2. The van der Waals surface area contributed by atoms with Crippen molar-refractivity contribution < 1.29 is 9.18 Å². The van der Waals surface area contributed by atoms with Crippen molar-refractivity contribution in [3.63, 3.8) is 0 Å². The second-order valence-corrected chi connectivity index (χ2v) is 4.97. The van der Waals surface area contributed by atoms with Crippen LogP contribution in [0.5, 0.6) is 0 Å². The maximum absolute atomic E-state index is 13.0. The Bertz CT molecular complexity index is 646. The quantitative estimate of drug-likeness (QED) is 0.881. The Morgan fingerprint density at radius 1 is 1.24 bits per heavy atom. The molecule has 0 heterocycles. The predicted molar refractivity (Wildman–Crippen MR) is 83.2 cm³/mol. The second kappa shape index (κ2) is 7.20. The Balaban J connectivity index is 2.12. The third-order valence-electron chi connectivity index (χ3n) is 2.94. The molecule has 0 aliphatic carbocycles. The smallest absolute Gasteiger partial charge is 0.257 e. The zero-order valence-corrected chi connectivity index (χ0v) is 12.4.